The van der Waals surface area contributed by atoms with Crippen LogP contribution in [0, 0.1) is 0 Å². The fourth-order valence-electron chi connectivity index (χ4n) is 2.58. The molecule has 2 aliphatic rings. The highest BCUT2D eigenvalue weighted by molar-refractivity contribution is 5.92. The number of carbonyl (C=O) groups is 1. The Kier molecular flexibility index (Phi) is 2.87. The number of ether oxygens (including phenoxy) is 1. The smallest absolute Gasteiger partial charge is 0.274 e. The summed E-state index contributed by atoms with van der Waals surface area (Å²) in [5.41, 5.74) is 2.35. The monoisotopic (exact) mass is 284 g/mol. The van der Waals surface area contributed by atoms with Gasteiger partial charge < -0.3 is 9.64 Å². The Bertz CT molecular complexity index is 678. The maximum Gasteiger partial charge on any atom is 0.274 e. The lowest BCUT2D eigenvalue weighted by Crippen LogP contribution is -2.32. The van der Waals surface area contributed by atoms with E-state index in [1.807, 2.05) is 18.2 Å². The van der Waals surface area contributed by atoms with Gasteiger partial charge in [0, 0.05) is 17.8 Å². The van der Waals surface area contributed by atoms with Gasteiger partial charge in [-0.05, 0) is 31.0 Å². The Labute approximate surface area is 122 Å². The summed E-state index contributed by atoms with van der Waals surface area (Å²) in [6.45, 7) is 1.48. The van der Waals surface area contributed by atoms with Gasteiger partial charge in [-0.25, -0.2) is 0 Å². The standard InChI is InChI=1S/C15H16N4O2/c20-15(12-8-11(17-18-12)10-3-4-10)19-6-7-21-14-2-1-5-16-13(14)9-19/h1-2,5,8,10H,3-4,6-7,9H2,(H,17,18). The molecule has 1 aliphatic heterocycles. The summed E-state index contributed by atoms with van der Waals surface area (Å²) in [6, 6.07) is 5.60. The van der Waals surface area contributed by atoms with Crippen molar-refractivity contribution in [2.75, 3.05) is 13.2 Å². The normalized spacial score (nSPS) is 17.8. The highest BCUT2D eigenvalue weighted by atomic mass is 16.5. The molecule has 0 saturated heterocycles. The molecule has 0 unspecified atom stereocenters. The predicted octanol–water partition coefficient (Wildman–Crippen LogP) is 1.72. The summed E-state index contributed by atoms with van der Waals surface area (Å²) in [7, 11) is 0. The molecule has 0 bridgehead atoms. The summed E-state index contributed by atoms with van der Waals surface area (Å²) < 4.78 is 5.63. The minimum atomic E-state index is -0.0692. The molecule has 0 aromatic carbocycles. The third-order valence-electron chi connectivity index (χ3n) is 3.93. The molecule has 2 aromatic heterocycles. The van der Waals surface area contributed by atoms with Crippen molar-refractivity contribution in [3.63, 3.8) is 0 Å². The lowest BCUT2D eigenvalue weighted by molar-refractivity contribution is 0.0726. The molecule has 0 radical (unpaired) electrons. The lowest BCUT2D eigenvalue weighted by Gasteiger charge is -2.17. The topological polar surface area (TPSA) is 71.1 Å². The zero-order chi connectivity index (χ0) is 14.2. The highest BCUT2D eigenvalue weighted by Gasteiger charge is 2.28. The van der Waals surface area contributed by atoms with Crippen LogP contribution in [0.4, 0.5) is 0 Å². The van der Waals surface area contributed by atoms with Crippen molar-refractivity contribution in [3.8, 4) is 5.75 Å². The van der Waals surface area contributed by atoms with E-state index in [9.17, 15) is 4.79 Å². The van der Waals surface area contributed by atoms with E-state index in [0.29, 0.717) is 31.3 Å². The number of fused-ring (bicyclic) bond motifs is 1. The molecule has 2 aromatic rings. The van der Waals surface area contributed by atoms with Crippen molar-refractivity contribution in [2.24, 2.45) is 0 Å². The van der Waals surface area contributed by atoms with Gasteiger partial charge in [-0.1, -0.05) is 0 Å². The molecule has 1 fully saturated rings. The van der Waals surface area contributed by atoms with Crippen LogP contribution in [0.2, 0.25) is 0 Å². The number of hydrogen-bond acceptors (Lipinski definition) is 4. The Morgan fingerprint density at radius 1 is 1.43 bits per heavy atom. The van der Waals surface area contributed by atoms with Gasteiger partial charge >= 0.3 is 0 Å². The van der Waals surface area contributed by atoms with E-state index in [0.717, 1.165) is 17.1 Å². The average molecular weight is 284 g/mol. The van der Waals surface area contributed by atoms with Gasteiger partial charge in [0.1, 0.15) is 23.7 Å². The van der Waals surface area contributed by atoms with E-state index in [-0.39, 0.29) is 5.91 Å². The van der Waals surface area contributed by atoms with Gasteiger partial charge in [-0.2, -0.15) is 5.10 Å². The molecule has 6 nitrogen and oxygen atoms in total. The Morgan fingerprint density at radius 2 is 2.33 bits per heavy atom. The number of nitrogens with one attached hydrogen (secondary N) is 1. The zero-order valence-corrected chi connectivity index (χ0v) is 11.6. The van der Waals surface area contributed by atoms with Gasteiger partial charge in [-0.3, -0.25) is 14.9 Å². The lowest BCUT2D eigenvalue weighted by atomic mass is 10.2. The Hall–Kier alpha value is -2.37. The second kappa shape index (κ2) is 4.87. The van der Waals surface area contributed by atoms with Crippen molar-refractivity contribution in [2.45, 2.75) is 25.3 Å². The third-order valence-corrected chi connectivity index (χ3v) is 3.93. The zero-order valence-electron chi connectivity index (χ0n) is 11.6. The van der Waals surface area contributed by atoms with Crippen LogP contribution in [0.5, 0.6) is 5.75 Å². The summed E-state index contributed by atoms with van der Waals surface area (Å²) in [4.78, 5) is 18.6. The Morgan fingerprint density at radius 3 is 3.19 bits per heavy atom. The Balaban J connectivity index is 1.56. The van der Waals surface area contributed by atoms with Gasteiger partial charge in [0.25, 0.3) is 5.91 Å². The molecule has 4 rings (SSSR count). The molecule has 21 heavy (non-hydrogen) atoms. The second-order valence-electron chi connectivity index (χ2n) is 5.51. The molecule has 6 heteroatoms. The highest BCUT2D eigenvalue weighted by Crippen LogP contribution is 2.39. The molecular weight excluding hydrogens is 268 g/mol. The quantitative estimate of drug-likeness (QED) is 0.911. The van der Waals surface area contributed by atoms with E-state index in [4.69, 9.17) is 4.74 Å². The van der Waals surface area contributed by atoms with Crippen LogP contribution in [-0.4, -0.2) is 39.1 Å². The van der Waals surface area contributed by atoms with Crippen molar-refractivity contribution >= 4 is 5.91 Å². The molecular formula is C15H16N4O2. The van der Waals surface area contributed by atoms with E-state index in [2.05, 4.69) is 15.2 Å². The first-order valence-corrected chi connectivity index (χ1v) is 7.22. The first kappa shape index (κ1) is 12.4. The molecule has 1 aliphatic carbocycles. The number of carbonyl (C=O) groups excluding carboxylic acids is 1. The number of aromatic amines is 1. The molecule has 0 spiro atoms. The van der Waals surface area contributed by atoms with Gasteiger partial charge in [0.05, 0.1) is 13.1 Å². The van der Waals surface area contributed by atoms with Crippen LogP contribution < -0.4 is 4.74 Å². The third kappa shape index (κ3) is 2.37. The molecule has 3 heterocycles. The van der Waals surface area contributed by atoms with Crippen molar-refractivity contribution in [1.82, 2.24) is 20.1 Å². The van der Waals surface area contributed by atoms with Crippen molar-refractivity contribution in [1.29, 1.82) is 0 Å². The predicted molar refractivity (Wildman–Crippen MR) is 75.0 cm³/mol. The summed E-state index contributed by atoms with van der Waals surface area (Å²) in [5, 5.41) is 7.14. The summed E-state index contributed by atoms with van der Waals surface area (Å²) in [5.74, 6) is 1.25. The molecule has 1 saturated carbocycles. The van der Waals surface area contributed by atoms with Crippen LogP contribution in [0.25, 0.3) is 0 Å². The van der Waals surface area contributed by atoms with Crippen LogP contribution in [0.1, 0.15) is 40.6 Å². The van der Waals surface area contributed by atoms with E-state index >= 15 is 0 Å². The van der Waals surface area contributed by atoms with Crippen molar-refractivity contribution < 1.29 is 9.53 Å². The number of aromatic nitrogens is 3. The van der Waals surface area contributed by atoms with E-state index in [1.165, 1.54) is 12.8 Å². The van der Waals surface area contributed by atoms with Crippen LogP contribution in [-0.2, 0) is 6.54 Å². The molecule has 1 N–H and O–H groups in total. The van der Waals surface area contributed by atoms with Crippen LogP contribution >= 0.6 is 0 Å². The minimum Gasteiger partial charge on any atom is -0.490 e. The van der Waals surface area contributed by atoms with Gasteiger partial charge in [0.15, 0.2) is 0 Å². The minimum absolute atomic E-state index is 0.0692. The summed E-state index contributed by atoms with van der Waals surface area (Å²) >= 11 is 0. The van der Waals surface area contributed by atoms with Gasteiger partial charge in [0.2, 0.25) is 0 Å². The van der Waals surface area contributed by atoms with E-state index < -0.39 is 0 Å². The maximum absolute atomic E-state index is 12.6. The first-order valence-electron chi connectivity index (χ1n) is 7.22. The van der Waals surface area contributed by atoms with Gasteiger partial charge in [-0.15, -0.1) is 0 Å². The van der Waals surface area contributed by atoms with E-state index in [1.54, 1.807) is 11.1 Å². The number of H-pyrrole nitrogens is 1. The number of pyridine rings is 1. The molecule has 0 atom stereocenters. The van der Waals surface area contributed by atoms with Crippen LogP contribution in [0.15, 0.2) is 24.4 Å². The molecule has 1 amide bonds. The number of amides is 1. The average Bonchev–Trinajstić information content (AvgIpc) is 3.28. The largest absolute Gasteiger partial charge is 0.490 e. The molecule has 108 valence electrons. The SMILES string of the molecule is O=C(c1cc(C2CC2)[nH]n1)N1CCOc2cccnc2C1. The number of rotatable bonds is 2. The fraction of sp³-hybridized carbons (Fsp3) is 0.400. The first-order chi connectivity index (χ1) is 10.3. The maximum atomic E-state index is 12.6. The van der Waals surface area contributed by atoms with Crippen molar-refractivity contribution in [3.05, 3.63) is 41.5 Å². The fourth-order valence-corrected chi connectivity index (χ4v) is 2.58. The summed E-state index contributed by atoms with van der Waals surface area (Å²) in [6.07, 6.45) is 4.09. The number of hydrogen-bond donors (Lipinski definition) is 1. The second-order valence-corrected chi connectivity index (χ2v) is 5.51. The number of nitrogens with zero attached hydrogens (tertiary/aromatic N) is 3. The van der Waals surface area contributed by atoms with Crippen LogP contribution in [0.3, 0.4) is 0 Å².